The number of ether oxygens (including phenoxy) is 2. The highest BCUT2D eigenvalue weighted by molar-refractivity contribution is 9.09. The fourth-order valence-electron chi connectivity index (χ4n) is 3.66. The normalized spacial score (nSPS) is 22.6. The van der Waals surface area contributed by atoms with Gasteiger partial charge in [0.15, 0.2) is 0 Å². The standard InChI is InChI=1S/C23H30BrCl2NO5S/c1-15(29)32-13-17-11-18(12-21(25)27-17)33-14-19-16(10-20(24)23(19)26)6-4-2-3-5-7-22(30)31-9-8-28/h2,4,11-12,16,19-20,23,28H,3,5-10,13-14H2,1H3/t16-,19+,20?,23?/m0/s1. The molecule has 4 atom stereocenters. The van der Waals surface area contributed by atoms with Gasteiger partial charge in [-0.15, -0.1) is 23.4 Å². The minimum absolute atomic E-state index is 0.0371. The number of nitrogens with zero attached hydrogens (tertiary/aromatic N) is 1. The highest BCUT2D eigenvalue weighted by Crippen LogP contribution is 2.44. The summed E-state index contributed by atoms with van der Waals surface area (Å²) in [5.74, 6) is 0.988. The van der Waals surface area contributed by atoms with E-state index in [9.17, 15) is 9.59 Å². The Labute approximate surface area is 217 Å². The van der Waals surface area contributed by atoms with E-state index >= 15 is 0 Å². The van der Waals surface area contributed by atoms with E-state index in [1.54, 1.807) is 11.8 Å². The van der Waals surface area contributed by atoms with Gasteiger partial charge in [0.25, 0.3) is 0 Å². The molecule has 1 N–H and O–H groups in total. The molecule has 0 aliphatic heterocycles. The summed E-state index contributed by atoms with van der Waals surface area (Å²) in [5.41, 5.74) is 0.618. The molecule has 0 bridgehead atoms. The largest absolute Gasteiger partial charge is 0.463 e. The van der Waals surface area contributed by atoms with Crippen molar-refractivity contribution in [2.45, 2.75) is 60.7 Å². The third kappa shape index (κ3) is 10.6. The maximum Gasteiger partial charge on any atom is 0.305 e. The summed E-state index contributed by atoms with van der Waals surface area (Å²) < 4.78 is 9.88. The number of hydrogen-bond acceptors (Lipinski definition) is 7. The number of hydrogen-bond donors (Lipinski definition) is 1. The molecule has 0 amide bonds. The fourth-order valence-corrected chi connectivity index (χ4v) is 6.60. The number of esters is 2. The first kappa shape index (κ1) is 28.4. The molecule has 1 aromatic heterocycles. The maximum atomic E-state index is 11.4. The molecule has 1 aliphatic rings. The minimum Gasteiger partial charge on any atom is -0.463 e. The summed E-state index contributed by atoms with van der Waals surface area (Å²) in [7, 11) is 0. The van der Waals surface area contributed by atoms with Gasteiger partial charge in [0.2, 0.25) is 0 Å². The van der Waals surface area contributed by atoms with Crippen LogP contribution in [-0.2, 0) is 25.7 Å². The summed E-state index contributed by atoms with van der Waals surface area (Å²) in [6.07, 6.45) is 8.11. The zero-order valence-electron chi connectivity index (χ0n) is 18.6. The van der Waals surface area contributed by atoms with E-state index in [2.05, 4.69) is 33.1 Å². The van der Waals surface area contributed by atoms with Gasteiger partial charge in [-0.2, -0.15) is 0 Å². The molecule has 1 aromatic rings. The number of aliphatic hydroxyl groups excluding tert-OH is 1. The Balaban J connectivity index is 1.84. The summed E-state index contributed by atoms with van der Waals surface area (Å²) >= 11 is 18.3. The molecule has 33 heavy (non-hydrogen) atoms. The Morgan fingerprint density at radius 1 is 1.33 bits per heavy atom. The van der Waals surface area contributed by atoms with Gasteiger partial charge in [0, 0.05) is 34.2 Å². The molecule has 1 saturated carbocycles. The van der Waals surface area contributed by atoms with Crippen LogP contribution in [0.2, 0.25) is 5.15 Å². The van der Waals surface area contributed by atoms with Crippen molar-refractivity contribution in [3.8, 4) is 0 Å². The summed E-state index contributed by atoms with van der Waals surface area (Å²) in [5, 5.41) is 9.07. The first-order valence-corrected chi connectivity index (χ1v) is 13.6. The third-order valence-corrected chi connectivity index (χ3v) is 8.48. The van der Waals surface area contributed by atoms with Crippen LogP contribution in [0.25, 0.3) is 0 Å². The molecule has 0 aromatic carbocycles. The number of carbonyl (C=O) groups is 2. The van der Waals surface area contributed by atoms with Crippen LogP contribution in [-0.4, -0.2) is 51.2 Å². The number of allylic oxidation sites excluding steroid dienone is 2. The lowest BCUT2D eigenvalue weighted by Gasteiger charge is -2.21. The van der Waals surface area contributed by atoms with Crippen molar-refractivity contribution in [2.75, 3.05) is 19.0 Å². The van der Waals surface area contributed by atoms with E-state index in [1.807, 2.05) is 12.1 Å². The molecular formula is C23H30BrCl2NO5S. The SMILES string of the molecule is CC(=O)OCc1cc(SC[C@H]2C(Cl)C(Br)C[C@@H]2CC=CCCCC(=O)OCCO)cc(Cl)n1. The molecule has 0 saturated heterocycles. The van der Waals surface area contributed by atoms with Crippen LogP contribution in [0.15, 0.2) is 29.2 Å². The van der Waals surface area contributed by atoms with Crippen molar-refractivity contribution < 1.29 is 24.2 Å². The van der Waals surface area contributed by atoms with Crippen LogP contribution < -0.4 is 0 Å². The predicted octanol–water partition coefficient (Wildman–Crippen LogP) is 5.55. The highest BCUT2D eigenvalue weighted by atomic mass is 79.9. The summed E-state index contributed by atoms with van der Waals surface area (Å²) in [6.45, 7) is 1.37. The van der Waals surface area contributed by atoms with Gasteiger partial charge >= 0.3 is 11.9 Å². The Hall–Kier alpha value is -0.800. The van der Waals surface area contributed by atoms with E-state index in [-0.39, 0.29) is 42.0 Å². The smallest absolute Gasteiger partial charge is 0.305 e. The van der Waals surface area contributed by atoms with E-state index < -0.39 is 0 Å². The second-order valence-electron chi connectivity index (χ2n) is 7.87. The number of aliphatic hydroxyl groups is 1. The first-order chi connectivity index (χ1) is 15.8. The molecular weight excluding hydrogens is 553 g/mol. The molecule has 0 spiro atoms. The predicted molar refractivity (Wildman–Crippen MR) is 135 cm³/mol. The van der Waals surface area contributed by atoms with Crippen molar-refractivity contribution in [1.29, 1.82) is 0 Å². The van der Waals surface area contributed by atoms with E-state index in [0.717, 1.165) is 36.3 Å². The van der Waals surface area contributed by atoms with Crippen LogP contribution in [0.1, 0.15) is 44.7 Å². The summed E-state index contributed by atoms with van der Waals surface area (Å²) in [4.78, 5) is 28.0. The molecule has 2 unspecified atom stereocenters. The number of alkyl halides is 2. The molecule has 1 aliphatic carbocycles. The Bertz CT molecular complexity index is 813. The van der Waals surface area contributed by atoms with Crippen LogP contribution >= 0.6 is 50.9 Å². The Morgan fingerprint density at radius 3 is 2.85 bits per heavy atom. The van der Waals surface area contributed by atoms with Gasteiger partial charge in [-0.25, -0.2) is 4.98 Å². The van der Waals surface area contributed by atoms with Gasteiger partial charge in [0.1, 0.15) is 18.4 Å². The van der Waals surface area contributed by atoms with Gasteiger partial charge in [-0.05, 0) is 49.7 Å². The fraction of sp³-hybridized carbons (Fsp3) is 0.609. The van der Waals surface area contributed by atoms with Crippen LogP contribution in [0.5, 0.6) is 0 Å². The number of halogens is 3. The molecule has 1 fully saturated rings. The number of carbonyl (C=O) groups excluding carboxylic acids is 2. The number of thioether (sulfide) groups is 1. The second-order valence-corrected chi connectivity index (χ2v) is 11.0. The Morgan fingerprint density at radius 2 is 2.12 bits per heavy atom. The number of unbranched alkanes of at least 4 members (excludes halogenated alkanes) is 1. The Kier molecular flexibility index (Phi) is 13.1. The topological polar surface area (TPSA) is 85.7 Å². The zero-order valence-corrected chi connectivity index (χ0v) is 22.5. The zero-order chi connectivity index (χ0) is 24.2. The van der Waals surface area contributed by atoms with Gasteiger partial charge in [-0.1, -0.05) is 39.7 Å². The van der Waals surface area contributed by atoms with Crippen molar-refractivity contribution in [2.24, 2.45) is 11.8 Å². The monoisotopic (exact) mass is 581 g/mol. The van der Waals surface area contributed by atoms with Crippen molar-refractivity contribution in [3.05, 3.63) is 35.1 Å². The lowest BCUT2D eigenvalue weighted by atomic mass is 9.94. The molecule has 10 heteroatoms. The molecule has 2 rings (SSSR count). The number of rotatable bonds is 13. The van der Waals surface area contributed by atoms with Crippen LogP contribution in [0.4, 0.5) is 0 Å². The van der Waals surface area contributed by atoms with E-state index in [4.69, 9.17) is 37.8 Å². The van der Waals surface area contributed by atoms with Crippen molar-refractivity contribution in [1.82, 2.24) is 4.98 Å². The molecule has 184 valence electrons. The van der Waals surface area contributed by atoms with Crippen molar-refractivity contribution in [3.63, 3.8) is 0 Å². The molecule has 6 nitrogen and oxygen atoms in total. The lowest BCUT2D eigenvalue weighted by Crippen LogP contribution is -2.20. The maximum absolute atomic E-state index is 11.4. The van der Waals surface area contributed by atoms with Gasteiger partial charge < -0.3 is 14.6 Å². The highest BCUT2D eigenvalue weighted by Gasteiger charge is 2.40. The average Bonchev–Trinajstić information content (AvgIpc) is 3.04. The lowest BCUT2D eigenvalue weighted by molar-refractivity contribution is -0.145. The number of pyridine rings is 1. The second kappa shape index (κ2) is 15.2. The number of aromatic nitrogens is 1. The summed E-state index contributed by atoms with van der Waals surface area (Å²) in [6, 6.07) is 3.71. The van der Waals surface area contributed by atoms with Crippen LogP contribution in [0.3, 0.4) is 0 Å². The van der Waals surface area contributed by atoms with E-state index in [1.165, 1.54) is 6.92 Å². The van der Waals surface area contributed by atoms with Crippen molar-refractivity contribution >= 4 is 62.8 Å². The average molecular weight is 583 g/mol. The molecule has 1 heterocycles. The van der Waals surface area contributed by atoms with Crippen LogP contribution in [0, 0.1) is 11.8 Å². The first-order valence-electron chi connectivity index (χ1n) is 10.9. The quantitative estimate of drug-likeness (QED) is 0.0815. The van der Waals surface area contributed by atoms with Gasteiger partial charge in [0.05, 0.1) is 12.3 Å². The molecule has 0 radical (unpaired) electrons. The minimum atomic E-state index is -0.359. The van der Waals surface area contributed by atoms with E-state index in [0.29, 0.717) is 29.1 Å². The third-order valence-electron chi connectivity index (χ3n) is 5.29. The van der Waals surface area contributed by atoms with Gasteiger partial charge in [-0.3, -0.25) is 9.59 Å².